The lowest BCUT2D eigenvalue weighted by atomic mass is 9.81. The number of aryl methyl sites for hydroxylation is 1. The zero-order valence-corrected chi connectivity index (χ0v) is 15.1. The van der Waals surface area contributed by atoms with E-state index in [1.165, 1.54) is 12.1 Å². The van der Waals surface area contributed by atoms with Crippen molar-refractivity contribution in [2.24, 2.45) is 0 Å². The third kappa shape index (κ3) is 2.19. The number of hydrogen-bond donors (Lipinski definition) is 3. The molecule has 3 aliphatic rings. The largest absolute Gasteiger partial charge is 0.356 e. The number of halogens is 1. The van der Waals surface area contributed by atoms with E-state index < -0.39 is 0 Å². The number of nitrogens with zero attached hydrogens (tertiary/aromatic N) is 2. The van der Waals surface area contributed by atoms with Gasteiger partial charge < -0.3 is 15.6 Å². The Morgan fingerprint density at radius 2 is 2.07 bits per heavy atom. The molecule has 3 N–H and O–H groups in total. The number of aromatic amines is 1. The normalized spacial score (nSPS) is 18.7. The number of rotatable bonds is 1. The highest BCUT2D eigenvalue weighted by Gasteiger charge is 2.45. The van der Waals surface area contributed by atoms with E-state index in [1.807, 2.05) is 6.20 Å². The molecule has 6 nitrogen and oxygen atoms in total. The monoisotopic (exact) mass is 375 g/mol. The number of nitrogens with one attached hydrogen (secondary N) is 3. The van der Waals surface area contributed by atoms with Crippen LogP contribution in [0.2, 0.25) is 0 Å². The van der Waals surface area contributed by atoms with E-state index in [9.17, 15) is 9.18 Å². The molecule has 3 aromatic rings. The van der Waals surface area contributed by atoms with Crippen LogP contribution in [0.15, 0.2) is 30.5 Å². The van der Waals surface area contributed by atoms with E-state index in [2.05, 4.69) is 20.6 Å². The van der Waals surface area contributed by atoms with Gasteiger partial charge in [-0.25, -0.2) is 14.4 Å². The molecule has 1 aliphatic carbocycles. The number of carbonyl (C=O) groups excluding carboxylic acids is 1. The van der Waals surface area contributed by atoms with Crippen molar-refractivity contribution in [2.75, 3.05) is 13.1 Å². The van der Waals surface area contributed by atoms with Crippen LogP contribution in [-0.2, 0) is 19.3 Å². The van der Waals surface area contributed by atoms with Gasteiger partial charge in [-0.1, -0.05) is 12.1 Å². The summed E-state index contributed by atoms with van der Waals surface area (Å²) in [5.74, 6) is 0.178. The Morgan fingerprint density at radius 3 is 2.86 bits per heavy atom. The predicted molar refractivity (Wildman–Crippen MR) is 101 cm³/mol. The average Bonchev–Trinajstić information content (AvgIpc) is 3.05. The smallest absolute Gasteiger partial charge is 0.253 e. The van der Waals surface area contributed by atoms with Gasteiger partial charge in [-0.3, -0.25) is 4.79 Å². The Labute approximate surface area is 160 Å². The van der Waals surface area contributed by atoms with Crippen LogP contribution in [0.3, 0.4) is 0 Å². The van der Waals surface area contributed by atoms with E-state index in [0.29, 0.717) is 11.4 Å². The van der Waals surface area contributed by atoms with Gasteiger partial charge in [0, 0.05) is 37.0 Å². The van der Waals surface area contributed by atoms with Crippen molar-refractivity contribution in [1.29, 1.82) is 0 Å². The van der Waals surface area contributed by atoms with E-state index >= 15 is 0 Å². The van der Waals surface area contributed by atoms with Crippen LogP contribution in [0.25, 0.3) is 22.8 Å². The van der Waals surface area contributed by atoms with Crippen molar-refractivity contribution in [3.05, 3.63) is 58.7 Å². The van der Waals surface area contributed by atoms with E-state index in [4.69, 9.17) is 4.98 Å². The Hall–Kier alpha value is -3.06. The Morgan fingerprint density at radius 1 is 1.18 bits per heavy atom. The molecule has 2 aliphatic heterocycles. The van der Waals surface area contributed by atoms with E-state index in [-0.39, 0.29) is 17.3 Å². The SMILES string of the molecule is O=C1NC2(CNC2)Cc2[nH]c3c(c21)CCc1cnc(-c2cccc(F)c2)nc1-3. The highest BCUT2D eigenvalue weighted by Crippen LogP contribution is 2.39. The standard InChI is InChI=1S/C21H18FN5O/c22-13-3-1-2-11(6-13)19-24-8-12-4-5-14-16-15(25-18(14)17(12)26-19)7-21(9-23-10-21)27-20(16)28/h1-3,6,8,23,25H,4-5,7,9-10H2,(H,27,28). The maximum absolute atomic E-state index is 13.6. The fourth-order valence-electron chi connectivity index (χ4n) is 4.61. The summed E-state index contributed by atoms with van der Waals surface area (Å²) in [7, 11) is 0. The summed E-state index contributed by atoms with van der Waals surface area (Å²) in [6, 6.07) is 6.30. The van der Waals surface area contributed by atoms with Gasteiger partial charge in [0.05, 0.1) is 22.5 Å². The minimum Gasteiger partial charge on any atom is -0.356 e. The molecule has 0 unspecified atom stereocenters. The minimum atomic E-state index is -0.314. The van der Waals surface area contributed by atoms with Crippen LogP contribution < -0.4 is 10.6 Å². The lowest BCUT2D eigenvalue weighted by molar-refractivity contribution is 0.0826. The lowest BCUT2D eigenvalue weighted by Gasteiger charge is -2.45. The molecule has 4 heterocycles. The van der Waals surface area contributed by atoms with Gasteiger partial charge in [0.2, 0.25) is 0 Å². The average molecular weight is 375 g/mol. The molecule has 0 radical (unpaired) electrons. The van der Waals surface area contributed by atoms with Crippen molar-refractivity contribution in [3.63, 3.8) is 0 Å². The number of fused-ring (bicyclic) bond motifs is 5. The lowest BCUT2D eigenvalue weighted by Crippen LogP contribution is -2.71. The molecule has 0 saturated carbocycles. The van der Waals surface area contributed by atoms with E-state index in [0.717, 1.165) is 66.1 Å². The highest BCUT2D eigenvalue weighted by molar-refractivity contribution is 6.01. The number of benzene rings is 1. The highest BCUT2D eigenvalue weighted by atomic mass is 19.1. The Kier molecular flexibility index (Phi) is 3.12. The van der Waals surface area contributed by atoms with Crippen LogP contribution in [-0.4, -0.2) is 39.5 Å². The molecule has 1 saturated heterocycles. The first-order valence-electron chi connectivity index (χ1n) is 9.51. The summed E-state index contributed by atoms with van der Waals surface area (Å²) in [5, 5.41) is 6.44. The first-order valence-corrected chi connectivity index (χ1v) is 9.51. The Balaban J connectivity index is 1.48. The molecule has 140 valence electrons. The summed E-state index contributed by atoms with van der Waals surface area (Å²) < 4.78 is 13.6. The topological polar surface area (TPSA) is 82.7 Å². The van der Waals surface area contributed by atoms with Gasteiger partial charge in [-0.2, -0.15) is 0 Å². The van der Waals surface area contributed by atoms with Gasteiger partial charge in [-0.15, -0.1) is 0 Å². The van der Waals surface area contributed by atoms with Gasteiger partial charge in [0.25, 0.3) is 5.91 Å². The van der Waals surface area contributed by atoms with Crippen LogP contribution in [0.4, 0.5) is 4.39 Å². The van der Waals surface area contributed by atoms with Crippen molar-refractivity contribution in [3.8, 4) is 22.8 Å². The molecular formula is C21H18FN5O. The Bertz CT molecular complexity index is 1150. The number of carbonyl (C=O) groups is 1. The molecule has 1 fully saturated rings. The molecule has 1 spiro atoms. The third-order valence-corrected chi connectivity index (χ3v) is 6.06. The van der Waals surface area contributed by atoms with Gasteiger partial charge in [-0.05, 0) is 36.1 Å². The van der Waals surface area contributed by atoms with Gasteiger partial charge in [0.1, 0.15) is 5.82 Å². The number of amides is 1. The van der Waals surface area contributed by atoms with Crippen molar-refractivity contribution < 1.29 is 9.18 Å². The minimum absolute atomic E-state index is 0.00288. The van der Waals surface area contributed by atoms with Crippen molar-refractivity contribution in [1.82, 2.24) is 25.6 Å². The molecular weight excluding hydrogens is 357 g/mol. The second kappa shape index (κ2) is 5.48. The van der Waals surface area contributed by atoms with Gasteiger partial charge in [0.15, 0.2) is 5.82 Å². The summed E-state index contributed by atoms with van der Waals surface area (Å²) in [4.78, 5) is 25.5. The van der Waals surface area contributed by atoms with Crippen LogP contribution in [0.5, 0.6) is 0 Å². The molecule has 7 heteroatoms. The van der Waals surface area contributed by atoms with Crippen LogP contribution in [0, 0.1) is 5.82 Å². The summed E-state index contributed by atoms with van der Waals surface area (Å²) in [6.07, 6.45) is 4.19. The second-order valence-electron chi connectivity index (χ2n) is 7.92. The maximum atomic E-state index is 13.6. The molecule has 0 atom stereocenters. The van der Waals surface area contributed by atoms with Crippen molar-refractivity contribution >= 4 is 5.91 Å². The second-order valence-corrected chi connectivity index (χ2v) is 7.92. The summed E-state index contributed by atoms with van der Waals surface area (Å²) in [6.45, 7) is 1.59. The molecule has 6 rings (SSSR count). The molecule has 2 aromatic heterocycles. The van der Waals surface area contributed by atoms with Gasteiger partial charge >= 0.3 is 0 Å². The summed E-state index contributed by atoms with van der Waals surface area (Å²) >= 11 is 0. The third-order valence-electron chi connectivity index (χ3n) is 6.06. The molecule has 1 amide bonds. The quantitative estimate of drug-likeness (QED) is 0.608. The fourth-order valence-corrected chi connectivity index (χ4v) is 4.61. The number of H-pyrrole nitrogens is 1. The zero-order chi connectivity index (χ0) is 18.9. The molecule has 28 heavy (non-hydrogen) atoms. The fraction of sp³-hybridized carbons (Fsp3) is 0.286. The maximum Gasteiger partial charge on any atom is 0.253 e. The van der Waals surface area contributed by atoms with E-state index in [1.54, 1.807) is 12.1 Å². The van der Waals surface area contributed by atoms with Crippen molar-refractivity contribution in [2.45, 2.75) is 24.8 Å². The molecule has 0 bridgehead atoms. The zero-order valence-electron chi connectivity index (χ0n) is 15.1. The first kappa shape index (κ1) is 15.9. The predicted octanol–water partition coefficient (Wildman–Crippen LogP) is 2.00. The number of aromatic nitrogens is 3. The summed E-state index contributed by atoms with van der Waals surface area (Å²) in [5.41, 5.74) is 6.06. The first-order chi connectivity index (χ1) is 13.6. The molecule has 1 aromatic carbocycles. The number of hydrogen-bond acceptors (Lipinski definition) is 4. The van der Waals surface area contributed by atoms with Crippen LogP contribution in [0.1, 0.15) is 27.2 Å². The van der Waals surface area contributed by atoms with Crippen LogP contribution >= 0.6 is 0 Å².